The van der Waals surface area contributed by atoms with Crippen LogP contribution in [-0.2, 0) is 4.74 Å². The maximum atomic E-state index is 11.5. The summed E-state index contributed by atoms with van der Waals surface area (Å²) in [6, 6.07) is 12.5. The molecule has 2 aromatic rings. The van der Waals surface area contributed by atoms with Crippen molar-refractivity contribution in [1.82, 2.24) is 0 Å². The molecule has 0 saturated carbocycles. The van der Waals surface area contributed by atoms with Gasteiger partial charge in [-0.2, -0.15) is 0 Å². The van der Waals surface area contributed by atoms with E-state index in [2.05, 4.69) is 27.3 Å². The molecule has 0 aliphatic heterocycles. The highest BCUT2D eigenvalue weighted by atomic mass is 127. The zero-order valence-corrected chi connectivity index (χ0v) is 12.4. The second kappa shape index (κ2) is 5.92. The Morgan fingerprint density at radius 3 is 2.47 bits per heavy atom. The molecule has 2 aromatic carbocycles. The lowest BCUT2D eigenvalue weighted by Crippen LogP contribution is -2.06. The van der Waals surface area contributed by atoms with Crippen LogP contribution in [0.5, 0.6) is 11.5 Å². The Kier molecular flexibility index (Phi) is 4.26. The van der Waals surface area contributed by atoms with Gasteiger partial charge in [-0.05, 0) is 59.0 Å². The van der Waals surface area contributed by atoms with Crippen LogP contribution in [0.4, 0.5) is 5.69 Å². The lowest BCUT2D eigenvalue weighted by Gasteiger charge is -2.11. The van der Waals surface area contributed by atoms with Crippen LogP contribution in [0.15, 0.2) is 42.5 Å². The minimum absolute atomic E-state index is 0.271. The molecule has 5 heteroatoms. The van der Waals surface area contributed by atoms with Crippen molar-refractivity contribution in [3.8, 4) is 11.5 Å². The smallest absolute Gasteiger partial charge is 0.340 e. The number of anilines is 1. The van der Waals surface area contributed by atoms with Crippen molar-refractivity contribution >= 4 is 34.2 Å². The van der Waals surface area contributed by atoms with E-state index in [1.54, 1.807) is 18.2 Å². The molecule has 19 heavy (non-hydrogen) atoms. The number of nitrogen functional groups attached to an aromatic ring is 1. The van der Waals surface area contributed by atoms with Gasteiger partial charge in [0.1, 0.15) is 5.75 Å². The van der Waals surface area contributed by atoms with Crippen molar-refractivity contribution in [3.63, 3.8) is 0 Å². The maximum Gasteiger partial charge on any atom is 0.340 e. The normalized spacial score (nSPS) is 10.0. The van der Waals surface area contributed by atoms with Crippen molar-refractivity contribution in [2.24, 2.45) is 0 Å². The zero-order valence-electron chi connectivity index (χ0n) is 10.2. The van der Waals surface area contributed by atoms with E-state index in [1.807, 2.05) is 24.3 Å². The Balaban J connectivity index is 2.30. The van der Waals surface area contributed by atoms with Gasteiger partial charge in [0.05, 0.1) is 18.4 Å². The molecule has 0 unspecified atom stereocenters. The molecule has 4 nitrogen and oxygen atoms in total. The molecule has 2 N–H and O–H groups in total. The standard InChI is InChI=1S/C14H12INO3/c1-18-14(17)11-3-2-4-12(13(11)16)19-10-7-5-9(15)6-8-10/h2-8H,16H2,1H3. The van der Waals surface area contributed by atoms with Gasteiger partial charge in [0.15, 0.2) is 5.75 Å². The van der Waals surface area contributed by atoms with E-state index in [0.29, 0.717) is 17.1 Å². The quantitative estimate of drug-likeness (QED) is 0.512. The Hall–Kier alpha value is -1.76. The first-order valence-corrected chi connectivity index (χ1v) is 6.60. The van der Waals surface area contributed by atoms with Crippen LogP contribution in [0, 0.1) is 3.57 Å². The molecule has 98 valence electrons. The molecule has 0 spiro atoms. The number of carbonyl (C=O) groups excluding carboxylic acids is 1. The molecule has 2 rings (SSSR count). The summed E-state index contributed by atoms with van der Waals surface area (Å²) in [5.41, 5.74) is 6.48. The number of methoxy groups -OCH3 is 1. The van der Waals surface area contributed by atoms with Crippen LogP contribution in [-0.4, -0.2) is 13.1 Å². The number of ether oxygens (including phenoxy) is 2. The number of rotatable bonds is 3. The third-order valence-electron chi connectivity index (χ3n) is 2.51. The molecule has 0 saturated heterocycles. The molecule has 0 amide bonds. The number of carbonyl (C=O) groups is 1. The van der Waals surface area contributed by atoms with Crippen molar-refractivity contribution in [2.75, 3.05) is 12.8 Å². The summed E-state index contributed by atoms with van der Waals surface area (Å²) in [5, 5.41) is 0. The second-order valence-electron chi connectivity index (χ2n) is 3.76. The van der Waals surface area contributed by atoms with Crippen LogP contribution in [0.25, 0.3) is 0 Å². The summed E-state index contributed by atoms with van der Waals surface area (Å²) in [5.74, 6) is 0.615. The Morgan fingerprint density at radius 1 is 1.16 bits per heavy atom. The van der Waals surface area contributed by atoms with Crippen molar-refractivity contribution in [1.29, 1.82) is 0 Å². The van der Waals surface area contributed by atoms with Gasteiger partial charge in [-0.15, -0.1) is 0 Å². The van der Waals surface area contributed by atoms with Crippen molar-refractivity contribution in [2.45, 2.75) is 0 Å². The van der Waals surface area contributed by atoms with Gasteiger partial charge in [0.2, 0.25) is 0 Å². The zero-order chi connectivity index (χ0) is 13.8. The van der Waals surface area contributed by atoms with E-state index in [4.69, 9.17) is 10.5 Å². The fraction of sp³-hybridized carbons (Fsp3) is 0.0714. The third-order valence-corrected chi connectivity index (χ3v) is 3.23. The van der Waals surface area contributed by atoms with E-state index in [9.17, 15) is 4.79 Å². The number of para-hydroxylation sites is 1. The lowest BCUT2D eigenvalue weighted by atomic mass is 10.1. The summed E-state index contributed by atoms with van der Waals surface area (Å²) in [4.78, 5) is 11.5. The second-order valence-corrected chi connectivity index (χ2v) is 5.01. The highest BCUT2D eigenvalue weighted by molar-refractivity contribution is 14.1. The number of esters is 1. The highest BCUT2D eigenvalue weighted by Crippen LogP contribution is 2.30. The average molecular weight is 369 g/mol. The van der Waals surface area contributed by atoms with Crippen LogP contribution in [0.3, 0.4) is 0 Å². The molecule has 0 atom stereocenters. The maximum absolute atomic E-state index is 11.5. The van der Waals surface area contributed by atoms with E-state index in [0.717, 1.165) is 3.57 Å². The summed E-state index contributed by atoms with van der Waals surface area (Å²) in [6.45, 7) is 0. The predicted octanol–water partition coefficient (Wildman–Crippen LogP) is 3.45. The monoisotopic (exact) mass is 369 g/mol. The van der Waals surface area contributed by atoms with E-state index in [1.165, 1.54) is 7.11 Å². The minimum atomic E-state index is -0.481. The molecule has 0 aliphatic carbocycles. The first-order valence-electron chi connectivity index (χ1n) is 5.52. The van der Waals surface area contributed by atoms with Crippen LogP contribution >= 0.6 is 22.6 Å². The van der Waals surface area contributed by atoms with Gasteiger partial charge < -0.3 is 15.2 Å². The first kappa shape index (κ1) is 13.7. The molecule has 0 aliphatic rings. The van der Waals surface area contributed by atoms with Crippen molar-refractivity contribution < 1.29 is 14.3 Å². The fourth-order valence-electron chi connectivity index (χ4n) is 1.55. The van der Waals surface area contributed by atoms with E-state index < -0.39 is 5.97 Å². The highest BCUT2D eigenvalue weighted by Gasteiger charge is 2.13. The van der Waals surface area contributed by atoms with Crippen LogP contribution < -0.4 is 10.5 Å². The van der Waals surface area contributed by atoms with E-state index >= 15 is 0 Å². The first-order chi connectivity index (χ1) is 9.11. The Labute approximate surface area is 124 Å². The Morgan fingerprint density at radius 2 is 1.84 bits per heavy atom. The number of hydrogen-bond acceptors (Lipinski definition) is 4. The average Bonchev–Trinajstić information content (AvgIpc) is 2.43. The predicted molar refractivity (Wildman–Crippen MR) is 81.4 cm³/mol. The summed E-state index contributed by atoms with van der Waals surface area (Å²) < 4.78 is 11.4. The molecule has 0 radical (unpaired) electrons. The molecular formula is C14H12INO3. The lowest BCUT2D eigenvalue weighted by molar-refractivity contribution is 0.0601. The molecular weight excluding hydrogens is 357 g/mol. The third kappa shape index (κ3) is 3.17. The molecule has 0 fully saturated rings. The fourth-order valence-corrected chi connectivity index (χ4v) is 1.91. The van der Waals surface area contributed by atoms with Gasteiger partial charge in [-0.25, -0.2) is 4.79 Å². The summed E-state index contributed by atoms with van der Waals surface area (Å²) >= 11 is 2.21. The van der Waals surface area contributed by atoms with Gasteiger partial charge in [0.25, 0.3) is 0 Å². The molecule has 0 aromatic heterocycles. The number of nitrogens with two attached hydrogens (primary N) is 1. The number of halogens is 1. The van der Waals surface area contributed by atoms with Crippen molar-refractivity contribution in [3.05, 3.63) is 51.6 Å². The van der Waals surface area contributed by atoms with Crippen LogP contribution in [0.2, 0.25) is 0 Å². The SMILES string of the molecule is COC(=O)c1cccc(Oc2ccc(I)cc2)c1N. The van der Waals surface area contributed by atoms with Gasteiger partial charge >= 0.3 is 5.97 Å². The summed E-state index contributed by atoms with van der Waals surface area (Å²) in [7, 11) is 1.31. The van der Waals surface area contributed by atoms with Crippen LogP contribution in [0.1, 0.15) is 10.4 Å². The topological polar surface area (TPSA) is 61.5 Å². The van der Waals surface area contributed by atoms with Gasteiger partial charge in [0, 0.05) is 3.57 Å². The molecule has 0 bridgehead atoms. The van der Waals surface area contributed by atoms with E-state index in [-0.39, 0.29) is 5.69 Å². The number of benzene rings is 2. The summed E-state index contributed by atoms with van der Waals surface area (Å²) in [6.07, 6.45) is 0. The van der Waals surface area contributed by atoms with Gasteiger partial charge in [-0.1, -0.05) is 6.07 Å². The number of hydrogen-bond donors (Lipinski definition) is 1. The largest absolute Gasteiger partial charge is 0.465 e. The molecule has 0 heterocycles. The minimum Gasteiger partial charge on any atom is -0.465 e. The van der Waals surface area contributed by atoms with Gasteiger partial charge in [-0.3, -0.25) is 0 Å². The Bertz CT molecular complexity index is 596.